The molecule has 1 amide bonds. The minimum Gasteiger partial charge on any atom is -0.481 e. The second-order valence-corrected chi connectivity index (χ2v) is 3.61. The summed E-state index contributed by atoms with van der Waals surface area (Å²) in [5.74, 6) is -1.32. The predicted octanol–water partition coefficient (Wildman–Crippen LogP) is 0.884. The van der Waals surface area contributed by atoms with Crippen LogP contribution in [0.1, 0.15) is 18.2 Å². The predicted molar refractivity (Wildman–Crippen MR) is 50.0 cm³/mol. The van der Waals surface area contributed by atoms with E-state index >= 15 is 0 Å². The van der Waals surface area contributed by atoms with E-state index in [1.807, 2.05) is 0 Å². The lowest BCUT2D eigenvalue weighted by Gasteiger charge is -2.20. The number of amides is 1. The summed E-state index contributed by atoms with van der Waals surface area (Å²) in [6, 6.07) is 2.89. The highest BCUT2D eigenvalue weighted by Gasteiger charge is 2.44. The Morgan fingerprint density at radius 3 is 2.93 bits per heavy atom. The number of furan rings is 1. The van der Waals surface area contributed by atoms with Crippen molar-refractivity contribution in [1.82, 2.24) is 4.90 Å². The van der Waals surface area contributed by atoms with E-state index in [0.717, 1.165) is 0 Å². The van der Waals surface area contributed by atoms with Crippen molar-refractivity contribution in [3.8, 4) is 0 Å². The van der Waals surface area contributed by atoms with Crippen LogP contribution in [0, 0.1) is 5.92 Å². The fourth-order valence-corrected chi connectivity index (χ4v) is 1.94. The van der Waals surface area contributed by atoms with Crippen LogP contribution in [0.4, 0.5) is 0 Å². The highest BCUT2D eigenvalue weighted by atomic mass is 16.4. The maximum Gasteiger partial charge on any atom is 0.309 e. The van der Waals surface area contributed by atoms with Crippen LogP contribution in [0.25, 0.3) is 0 Å². The number of likely N-dealkylation sites (tertiary alicyclic amines) is 1. The van der Waals surface area contributed by atoms with Crippen LogP contribution < -0.4 is 0 Å². The Hall–Kier alpha value is -1.78. The molecule has 15 heavy (non-hydrogen) atoms. The molecule has 0 bridgehead atoms. The van der Waals surface area contributed by atoms with Gasteiger partial charge in [-0.3, -0.25) is 9.59 Å². The minimum absolute atomic E-state index is 0.0389. The van der Waals surface area contributed by atoms with Crippen molar-refractivity contribution < 1.29 is 19.1 Å². The third kappa shape index (κ3) is 1.49. The van der Waals surface area contributed by atoms with Crippen molar-refractivity contribution in [2.24, 2.45) is 5.92 Å². The highest BCUT2D eigenvalue weighted by Crippen LogP contribution is 2.37. The van der Waals surface area contributed by atoms with Crippen LogP contribution in [0.2, 0.25) is 0 Å². The Morgan fingerprint density at radius 1 is 1.67 bits per heavy atom. The van der Waals surface area contributed by atoms with Gasteiger partial charge in [-0.2, -0.15) is 0 Å². The lowest BCUT2D eigenvalue weighted by molar-refractivity contribution is -0.142. The summed E-state index contributed by atoms with van der Waals surface area (Å²) in [7, 11) is 1.60. The van der Waals surface area contributed by atoms with E-state index in [4.69, 9.17) is 9.52 Å². The third-order valence-electron chi connectivity index (χ3n) is 2.74. The molecule has 5 heteroatoms. The largest absolute Gasteiger partial charge is 0.481 e. The normalized spacial score (nSPS) is 25.9. The SMILES string of the molecule is CN1C(=O)CC(C(=O)O)C1c1ccco1. The van der Waals surface area contributed by atoms with Crippen LogP contribution >= 0.6 is 0 Å². The molecule has 1 aliphatic heterocycles. The average Bonchev–Trinajstić information content (AvgIpc) is 2.76. The van der Waals surface area contributed by atoms with Gasteiger partial charge in [0, 0.05) is 13.5 Å². The van der Waals surface area contributed by atoms with Gasteiger partial charge in [0.15, 0.2) is 0 Å². The average molecular weight is 209 g/mol. The Balaban J connectivity index is 2.34. The zero-order valence-electron chi connectivity index (χ0n) is 8.21. The molecule has 2 rings (SSSR count). The molecule has 0 aromatic carbocycles. The number of carbonyl (C=O) groups excluding carboxylic acids is 1. The molecule has 5 nitrogen and oxygen atoms in total. The van der Waals surface area contributed by atoms with E-state index in [1.54, 1.807) is 19.2 Å². The first-order valence-corrected chi connectivity index (χ1v) is 4.63. The number of nitrogens with zero attached hydrogens (tertiary/aromatic N) is 1. The first-order valence-electron chi connectivity index (χ1n) is 4.63. The van der Waals surface area contributed by atoms with Crippen LogP contribution in [-0.2, 0) is 9.59 Å². The standard InChI is InChI=1S/C10H11NO4/c1-11-8(12)5-6(10(13)14)9(11)7-3-2-4-15-7/h2-4,6,9H,5H2,1H3,(H,13,14). The molecule has 1 aromatic rings. The molecule has 2 unspecified atom stereocenters. The number of aliphatic carboxylic acids is 1. The Kier molecular flexibility index (Phi) is 2.22. The van der Waals surface area contributed by atoms with Gasteiger partial charge >= 0.3 is 5.97 Å². The molecule has 2 atom stereocenters. The summed E-state index contributed by atoms with van der Waals surface area (Å²) in [5, 5.41) is 9.00. The fraction of sp³-hybridized carbons (Fsp3) is 0.400. The van der Waals surface area contributed by atoms with Crippen molar-refractivity contribution in [1.29, 1.82) is 0 Å². The van der Waals surface area contributed by atoms with Gasteiger partial charge in [-0.25, -0.2) is 0 Å². The van der Waals surface area contributed by atoms with Crippen LogP contribution in [0.15, 0.2) is 22.8 Å². The Bertz CT molecular complexity index is 384. The fourth-order valence-electron chi connectivity index (χ4n) is 1.94. The van der Waals surface area contributed by atoms with E-state index in [9.17, 15) is 9.59 Å². The maximum atomic E-state index is 11.4. The van der Waals surface area contributed by atoms with E-state index in [-0.39, 0.29) is 12.3 Å². The van der Waals surface area contributed by atoms with Crippen molar-refractivity contribution >= 4 is 11.9 Å². The molecule has 1 aliphatic rings. The number of carboxylic acid groups (broad SMARTS) is 1. The van der Waals surface area contributed by atoms with Crippen LogP contribution in [0.5, 0.6) is 0 Å². The third-order valence-corrected chi connectivity index (χ3v) is 2.74. The quantitative estimate of drug-likeness (QED) is 0.785. The molecule has 1 saturated heterocycles. The van der Waals surface area contributed by atoms with Gasteiger partial charge in [-0.1, -0.05) is 0 Å². The van der Waals surface area contributed by atoms with Gasteiger partial charge in [-0.05, 0) is 12.1 Å². The smallest absolute Gasteiger partial charge is 0.309 e. The van der Waals surface area contributed by atoms with E-state index < -0.39 is 17.9 Å². The summed E-state index contributed by atoms with van der Waals surface area (Å²) in [6.07, 6.45) is 1.52. The molecule has 0 spiro atoms. The van der Waals surface area contributed by atoms with Crippen molar-refractivity contribution in [2.45, 2.75) is 12.5 Å². The Labute approximate surface area is 86.3 Å². The van der Waals surface area contributed by atoms with Gasteiger partial charge in [0.2, 0.25) is 5.91 Å². The maximum absolute atomic E-state index is 11.4. The van der Waals surface area contributed by atoms with Gasteiger partial charge < -0.3 is 14.4 Å². The molecule has 0 aliphatic carbocycles. The van der Waals surface area contributed by atoms with Gasteiger partial charge in [0.25, 0.3) is 0 Å². The number of rotatable bonds is 2. The number of hydrogen-bond acceptors (Lipinski definition) is 3. The molecule has 1 N–H and O–H groups in total. The first kappa shape index (κ1) is 9.76. The second kappa shape index (κ2) is 3.42. The number of hydrogen-bond donors (Lipinski definition) is 1. The van der Waals surface area contributed by atoms with Gasteiger partial charge in [0.05, 0.1) is 12.2 Å². The van der Waals surface area contributed by atoms with E-state index in [2.05, 4.69) is 0 Å². The minimum atomic E-state index is -0.964. The summed E-state index contributed by atoms with van der Waals surface area (Å²) in [4.78, 5) is 23.8. The molecule has 80 valence electrons. The number of carbonyl (C=O) groups is 2. The van der Waals surface area contributed by atoms with Crippen molar-refractivity contribution in [2.75, 3.05) is 7.05 Å². The molecule has 0 saturated carbocycles. The topological polar surface area (TPSA) is 70.8 Å². The lowest BCUT2D eigenvalue weighted by Crippen LogP contribution is -2.26. The molecular formula is C10H11NO4. The first-order chi connectivity index (χ1) is 7.11. The monoisotopic (exact) mass is 209 g/mol. The lowest BCUT2D eigenvalue weighted by atomic mass is 9.99. The van der Waals surface area contributed by atoms with Gasteiger partial charge in [0.1, 0.15) is 11.8 Å². The Morgan fingerprint density at radius 2 is 2.40 bits per heavy atom. The highest BCUT2D eigenvalue weighted by molar-refractivity contribution is 5.86. The zero-order valence-corrected chi connectivity index (χ0v) is 8.21. The number of carboxylic acids is 1. The van der Waals surface area contributed by atoms with E-state index in [0.29, 0.717) is 5.76 Å². The van der Waals surface area contributed by atoms with Crippen LogP contribution in [0.3, 0.4) is 0 Å². The molecular weight excluding hydrogens is 198 g/mol. The van der Waals surface area contributed by atoms with Gasteiger partial charge in [-0.15, -0.1) is 0 Å². The molecule has 1 fully saturated rings. The van der Waals surface area contributed by atoms with Crippen molar-refractivity contribution in [3.05, 3.63) is 24.2 Å². The summed E-state index contributed by atoms with van der Waals surface area (Å²) in [6.45, 7) is 0. The molecule has 0 radical (unpaired) electrons. The van der Waals surface area contributed by atoms with Crippen LogP contribution in [-0.4, -0.2) is 28.9 Å². The molecule has 1 aromatic heterocycles. The second-order valence-electron chi connectivity index (χ2n) is 3.61. The summed E-state index contributed by atoms with van der Waals surface area (Å²) < 4.78 is 5.16. The zero-order chi connectivity index (χ0) is 11.0. The summed E-state index contributed by atoms with van der Waals surface area (Å²) in [5.41, 5.74) is 0. The van der Waals surface area contributed by atoms with Crippen molar-refractivity contribution in [3.63, 3.8) is 0 Å². The van der Waals surface area contributed by atoms with E-state index in [1.165, 1.54) is 11.2 Å². The summed E-state index contributed by atoms with van der Waals surface area (Å²) >= 11 is 0. The molecule has 2 heterocycles.